The first-order valence-electron chi connectivity index (χ1n) is 5.95. The molecule has 0 aliphatic rings. The fourth-order valence-corrected chi connectivity index (χ4v) is 2.63. The highest BCUT2D eigenvalue weighted by atomic mass is 32.1. The van der Waals surface area contributed by atoms with E-state index in [0.717, 1.165) is 22.0 Å². The molecule has 0 unspecified atom stereocenters. The maximum Gasteiger partial charge on any atom is 0.335 e. The molecule has 1 aromatic carbocycles. The predicted octanol–water partition coefficient (Wildman–Crippen LogP) is 3.57. The molecule has 5 heteroatoms. The Morgan fingerprint density at radius 3 is 2.75 bits per heavy atom. The topological polar surface area (TPSA) is 63.1 Å². The average molecular weight is 282 g/mol. The van der Waals surface area contributed by atoms with Crippen molar-refractivity contribution in [3.8, 4) is 22.0 Å². The maximum atomic E-state index is 11.0. The van der Waals surface area contributed by atoms with Gasteiger partial charge in [0.2, 0.25) is 0 Å². The minimum absolute atomic E-state index is 0.261. The lowest BCUT2D eigenvalue weighted by molar-refractivity contribution is 0.0697. The third kappa shape index (κ3) is 2.44. The quantitative estimate of drug-likeness (QED) is 0.797. The van der Waals surface area contributed by atoms with Crippen LogP contribution in [0.1, 0.15) is 10.4 Å². The summed E-state index contributed by atoms with van der Waals surface area (Å²) >= 11 is 1.47. The monoisotopic (exact) mass is 282 g/mol. The second-order valence-corrected chi connectivity index (χ2v) is 5.00. The summed E-state index contributed by atoms with van der Waals surface area (Å²) in [7, 11) is 0. The van der Waals surface area contributed by atoms with Gasteiger partial charge in [-0.1, -0.05) is 18.2 Å². The van der Waals surface area contributed by atoms with Crippen LogP contribution in [-0.2, 0) is 0 Å². The summed E-state index contributed by atoms with van der Waals surface area (Å²) < 4.78 is 0. The number of pyridine rings is 1. The van der Waals surface area contributed by atoms with Crippen LogP contribution in [-0.4, -0.2) is 21.0 Å². The lowest BCUT2D eigenvalue weighted by atomic mass is 10.1. The molecular weight excluding hydrogens is 272 g/mol. The van der Waals surface area contributed by atoms with Crippen molar-refractivity contribution >= 4 is 17.3 Å². The van der Waals surface area contributed by atoms with Crippen molar-refractivity contribution in [2.24, 2.45) is 0 Å². The van der Waals surface area contributed by atoms with Crippen LogP contribution in [0.2, 0.25) is 0 Å². The van der Waals surface area contributed by atoms with Crippen LogP contribution >= 0.6 is 11.3 Å². The lowest BCUT2D eigenvalue weighted by Crippen LogP contribution is -1.95. The van der Waals surface area contributed by atoms with Gasteiger partial charge in [0.25, 0.3) is 0 Å². The molecule has 2 aromatic heterocycles. The van der Waals surface area contributed by atoms with Crippen LogP contribution in [0, 0.1) is 0 Å². The van der Waals surface area contributed by atoms with Crippen LogP contribution in [0.4, 0.5) is 0 Å². The Labute approximate surface area is 119 Å². The predicted molar refractivity (Wildman–Crippen MR) is 77.7 cm³/mol. The summed E-state index contributed by atoms with van der Waals surface area (Å²) in [5, 5.41) is 11.7. The van der Waals surface area contributed by atoms with Gasteiger partial charge in [-0.25, -0.2) is 9.78 Å². The number of nitrogens with zero attached hydrogens (tertiary/aromatic N) is 2. The van der Waals surface area contributed by atoms with Gasteiger partial charge in [0, 0.05) is 17.1 Å². The van der Waals surface area contributed by atoms with E-state index in [1.807, 2.05) is 29.6 Å². The van der Waals surface area contributed by atoms with Gasteiger partial charge in [-0.2, -0.15) is 0 Å². The highest BCUT2D eigenvalue weighted by Gasteiger charge is 2.09. The molecule has 20 heavy (non-hydrogen) atoms. The molecule has 1 N–H and O–H groups in total. The van der Waals surface area contributed by atoms with E-state index in [9.17, 15) is 4.79 Å². The Hall–Kier alpha value is -2.53. The van der Waals surface area contributed by atoms with E-state index in [2.05, 4.69) is 9.97 Å². The zero-order valence-corrected chi connectivity index (χ0v) is 11.2. The van der Waals surface area contributed by atoms with Crippen LogP contribution in [0.25, 0.3) is 22.0 Å². The van der Waals surface area contributed by atoms with Crippen molar-refractivity contribution in [3.63, 3.8) is 0 Å². The molecule has 0 bridgehead atoms. The Balaban J connectivity index is 1.98. The number of carboxylic acids is 1. The molecule has 0 saturated carbocycles. The molecule has 2 heterocycles. The van der Waals surface area contributed by atoms with Crippen LogP contribution in [0.3, 0.4) is 0 Å². The van der Waals surface area contributed by atoms with E-state index in [1.54, 1.807) is 24.4 Å². The summed E-state index contributed by atoms with van der Waals surface area (Å²) in [6, 6.07) is 12.4. The average Bonchev–Trinajstić information content (AvgIpc) is 2.98. The second kappa shape index (κ2) is 5.22. The van der Waals surface area contributed by atoms with Crippen molar-refractivity contribution in [1.29, 1.82) is 0 Å². The first-order chi connectivity index (χ1) is 9.74. The van der Waals surface area contributed by atoms with Crippen LogP contribution < -0.4 is 0 Å². The van der Waals surface area contributed by atoms with Crippen molar-refractivity contribution in [2.45, 2.75) is 0 Å². The number of hydrogen-bond donors (Lipinski definition) is 1. The fourth-order valence-electron chi connectivity index (χ4n) is 1.82. The van der Waals surface area contributed by atoms with Crippen molar-refractivity contribution in [2.75, 3.05) is 0 Å². The summed E-state index contributed by atoms with van der Waals surface area (Å²) in [5.41, 5.74) is 2.67. The summed E-state index contributed by atoms with van der Waals surface area (Å²) in [6.07, 6.45) is 1.72. The highest BCUT2D eigenvalue weighted by molar-refractivity contribution is 7.13. The Bertz CT molecular complexity index is 753. The van der Waals surface area contributed by atoms with Gasteiger partial charge >= 0.3 is 5.97 Å². The van der Waals surface area contributed by atoms with Crippen molar-refractivity contribution in [1.82, 2.24) is 9.97 Å². The van der Waals surface area contributed by atoms with Gasteiger partial charge in [0.15, 0.2) is 0 Å². The van der Waals surface area contributed by atoms with Gasteiger partial charge in [-0.05, 0) is 24.3 Å². The Morgan fingerprint density at radius 1 is 1.10 bits per heavy atom. The first-order valence-corrected chi connectivity index (χ1v) is 6.82. The molecule has 0 amide bonds. The zero-order valence-electron chi connectivity index (χ0n) is 10.4. The molecule has 3 rings (SSSR count). The van der Waals surface area contributed by atoms with E-state index in [4.69, 9.17) is 5.11 Å². The number of carboxylic acid groups (broad SMARTS) is 1. The maximum absolute atomic E-state index is 11.0. The third-order valence-corrected chi connectivity index (χ3v) is 3.68. The largest absolute Gasteiger partial charge is 0.478 e. The molecular formula is C15H10N2O2S. The van der Waals surface area contributed by atoms with Gasteiger partial charge < -0.3 is 5.11 Å². The molecule has 0 aliphatic carbocycles. The van der Waals surface area contributed by atoms with Crippen LogP contribution in [0.15, 0.2) is 54.0 Å². The smallest absolute Gasteiger partial charge is 0.335 e. The van der Waals surface area contributed by atoms with Crippen molar-refractivity contribution < 1.29 is 9.90 Å². The van der Waals surface area contributed by atoms with Crippen LogP contribution in [0.5, 0.6) is 0 Å². The standard InChI is InChI=1S/C15H10N2O2S/c18-15(19)11-5-3-4-10(8-11)14-17-13(9-20-14)12-6-1-2-7-16-12/h1-9H,(H,18,19). The molecule has 0 spiro atoms. The fraction of sp³-hybridized carbons (Fsp3) is 0. The first kappa shape index (κ1) is 12.5. The van der Waals surface area contributed by atoms with Gasteiger partial charge in [-0.15, -0.1) is 11.3 Å². The van der Waals surface area contributed by atoms with Gasteiger partial charge in [-0.3, -0.25) is 4.98 Å². The zero-order chi connectivity index (χ0) is 13.9. The number of aromatic nitrogens is 2. The summed E-state index contributed by atoms with van der Waals surface area (Å²) in [4.78, 5) is 19.8. The SMILES string of the molecule is O=C(O)c1cccc(-c2nc(-c3ccccn3)cs2)c1. The minimum atomic E-state index is -0.937. The molecule has 3 aromatic rings. The Kier molecular flexibility index (Phi) is 3.26. The number of thiazole rings is 1. The van der Waals surface area contributed by atoms with E-state index in [1.165, 1.54) is 11.3 Å². The molecule has 0 atom stereocenters. The number of hydrogen-bond acceptors (Lipinski definition) is 4. The molecule has 0 radical (unpaired) electrons. The van der Waals surface area contributed by atoms with E-state index >= 15 is 0 Å². The molecule has 98 valence electrons. The molecule has 0 saturated heterocycles. The van der Waals surface area contributed by atoms with Gasteiger partial charge in [0.1, 0.15) is 10.7 Å². The Morgan fingerprint density at radius 2 is 2.00 bits per heavy atom. The summed E-state index contributed by atoms with van der Waals surface area (Å²) in [6.45, 7) is 0. The number of aromatic carboxylic acids is 1. The molecule has 0 aliphatic heterocycles. The van der Waals surface area contributed by atoms with Gasteiger partial charge in [0.05, 0.1) is 11.3 Å². The molecule has 4 nitrogen and oxygen atoms in total. The third-order valence-electron chi connectivity index (χ3n) is 2.79. The number of benzene rings is 1. The van der Waals surface area contributed by atoms with Crippen molar-refractivity contribution in [3.05, 3.63) is 59.6 Å². The van der Waals surface area contributed by atoms with E-state index in [0.29, 0.717) is 0 Å². The summed E-state index contributed by atoms with van der Waals surface area (Å²) in [5.74, 6) is -0.937. The molecule has 0 fully saturated rings. The lowest BCUT2D eigenvalue weighted by Gasteiger charge is -1.98. The highest BCUT2D eigenvalue weighted by Crippen LogP contribution is 2.28. The van der Waals surface area contributed by atoms with E-state index < -0.39 is 5.97 Å². The second-order valence-electron chi connectivity index (χ2n) is 4.14. The minimum Gasteiger partial charge on any atom is -0.478 e. The normalized spacial score (nSPS) is 10.4. The van der Waals surface area contributed by atoms with E-state index in [-0.39, 0.29) is 5.56 Å². The number of carbonyl (C=O) groups is 1. The number of rotatable bonds is 3.